The lowest BCUT2D eigenvalue weighted by Gasteiger charge is -2.25. The van der Waals surface area contributed by atoms with Gasteiger partial charge in [-0.1, -0.05) is 18.6 Å². The number of fused-ring (bicyclic) bond motifs is 1. The lowest BCUT2D eigenvalue weighted by molar-refractivity contribution is -0.142. The predicted molar refractivity (Wildman–Crippen MR) is 67.7 cm³/mol. The van der Waals surface area contributed by atoms with Crippen LogP contribution in [0.3, 0.4) is 0 Å². The molecule has 18 heavy (non-hydrogen) atoms. The number of likely N-dealkylation sites (tertiary alicyclic amines) is 1. The first-order chi connectivity index (χ1) is 8.79. The number of amides is 2. The van der Waals surface area contributed by atoms with Crippen LogP contribution in [0.15, 0.2) is 12.2 Å². The normalized spacial score (nSPS) is 36.7. The van der Waals surface area contributed by atoms with Crippen molar-refractivity contribution in [2.24, 2.45) is 11.8 Å². The van der Waals surface area contributed by atoms with Crippen LogP contribution in [-0.4, -0.2) is 35.8 Å². The highest BCUT2D eigenvalue weighted by Gasteiger charge is 2.49. The van der Waals surface area contributed by atoms with E-state index in [2.05, 4.69) is 5.32 Å². The molecule has 1 N–H and O–H groups in total. The van der Waals surface area contributed by atoms with Crippen LogP contribution in [0.2, 0.25) is 0 Å². The summed E-state index contributed by atoms with van der Waals surface area (Å²) in [5.41, 5.74) is 0. The van der Waals surface area contributed by atoms with Crippen molar-refractivity contribution in [2.75, 3.05) is 13.1 Å². The van der Waals surface area contributed by atoms with Crippen molar-refractivity contribution in [2.45, 2.75) is 38.1 Å². The summed E-state index contributed by atoms with van der Waals surface area (Å²) in [5.74, 6) is -0.0115. The molecule has 3 aliphatic rings. The van der Waals surface area contributed by atoms with Crippen LogP contribution in [0, 0.1) is 11.8 Å². The zero-order valence-corrected chi connectivity index (χ0v) is 10.6. The van der Waals surface area contributed by atoms with Crippen molar-refractivity contribution in [1.82, 2.24) is 10.2 Å². The fraction of sp³-hybridized carbons (Fsp3) is 0.714. The third-order valence-electron chi connectivity index (χ3n) is 4.43. The third kappa shape index (κ3) is 1.88. The molecule has 0 radical (unpaired) electrons. The second kappa shape index (κ2) is 4.84. The van der Waals surface area contributed by atoms with E-state index < -0.39 is 0 Å². The summed E-state index contributed by atoms with van der Waals surface area (Å²) in [6.45, 7) is 1.77. The number of imide groups is 1. The van der Waals surface area contributed by atoms with Crippen molar-refractivity contribution in [3.63, 3.8) is 0 Å². The topological polar surface area (TPSA) is 49.4 Å². The largest absolute Gasteiger partial charge is 0.315 e. The fourth-order valence-corrected chi connectivity index (χ4v) is 3.41. The van der Waals surface area contributed by atoms with Gasteiger partial charge in [0.1, 0.15) is 0 Å². The van der Waals surface area contributed by atoms with Gasteiger partial charge in [-0.25, -0.2) is 0 Å². The first-order valence-electron chi connectivity index (χ1n) is 7.01. The fourth-order valence-electron chi connectivity index (χ4n) is 3.41. The third-order valence-corrected chi connectivity index (χ3v) is 4.43. The molecule has 0 aromatic rings. The van der Waals surface area contributed by atoms with Gasteiger partial charge in [0, 0.05) is 6.54 Å². The van der Waals surface area contributed by atoms with Crippen molar-refractivity contribution in [3.8, 4) is 0 Å². The number of hydrogen-bond donors (Lipinski definition) is 1. The van der Waals surface area contributed by atoms with Gasteiger partial charge < -0.3 is 5.32 Å². The molecule has 4 nitrogen and oxygen atoms in total. The molecule has 3 unspecified atom stereocenters. The summed E-state index contributed by atoms with van der Waals surface area (Å²) in [6, 6.07) is 0.0816. The van der Waals surface area contributed by atoms with E-state index in [1.54, 1.807) is 4.90 Å². The number of carbonyl (C=O) groups excluding carboxylic acids is 2. The highest BCUT2D eigenvalue weighted by Crippen LogP contribution is 2.36. The molecular weight excluding hydrogens is 228 g/mol. The van der Waals surface area contributed by atoms with Crippen LogP contribution < -0.4 is 5.32 Å². The molecule has 2 saturated heterocycles. The van der Waals surface area contributed by atoms with E-state index in [9.17, 15) is 9.59 Å². The van der Waals surface area contributed by atoms with Gasteiger partial charge in [0.15, 0.2) is 0 Å². The van der Waals surface area contributed by atoms with E-state index in [0.29, 0.717) is 0 Å². The summed E-state index contributed by atoms with van der Waals surface area (Å²) >= 11 is 0. The quantitative estimate of drug-likeness (QED) is 0.558. The smallest absolute Gasteiger partial charge is 0.233 e. The molecule has 2 amide bonds. The number of allylic oxidation sites excluding steroid dienone is 2. The SMILES string of the molecule is O=C1C2CC=CCC2C(=O)N1C1CCCCNC1. The minimum atomic E-state index is -0.0780. The highest BCUT2D eigenvalue weighted by atomic mass is 16.2. The van der Waals surface area contributed by atoms with E-state index in [1.165, 1.54) is 0 Å². The summed E-state index contributed by atoms with van der Waals surface area (Å²) in [4.78, 5) is 26.4. The van der Waals surface area contributed by atoms with Crippen molar-refractivity contribution in [1.29, 1.82) is 0 Å². The Hall–Kier alpha value is -1.16. The minimum absolute atomic E-state index is 0.0723. The van der Waals surface area contributed by atoms with Crippen LogP contribution in [0.1, 0.15) is 32.1 Å². The van der Waals surface area contributed by atoms with Crippen LogP contribution in [0.4, 0.5) is 0 Å². The van der Waals surface area contributed by atoms with E-state index >= 15 is 0 Å². The van der Waals surface area contributed by atoms with Gasteiger partial charge in [-0.3, -0.25) is 14.5 Å². The zero-order valence-electron chi connectivity index (χ0n) is 10.6. The second-order valence-corrected chi connectivity index (χ2v) is 5.56. The van der Waals surface area contributed by atoms with E-state index in [1.807, 2.05) is 12.2 Å². The summed E-state index contributed by atoms with van der Waals surface area (Å²) in [7, 11) is 0. The average Bonchev–Trinajstić information content (AvgIpc) is 2.61. The van der Waals surface area contributed by atoms with Crippen LogP contribution in [0.5, 0.6) is 0 Å². The molecule has 0 spiro atoms. The number of nitrogens with zero attached hydrogens (tertiary/aromatic N) is 1. The number of carbonyl (C=O) groups is 2. The maximum Gasteiger partial charge on any atom is 0.233 e. The lowest BCUT2D eigenvalue weighted by Crippen LogP contribution is -2.45. The molecule has 98 valence electrons. The van der Waals surface area contributed by atoms with Crippen LogP contribution in [0.25, 0.3) is 0 Å². The van der Waals surface area contributed by atoms with Gasteiger partial charge in [-0.05, 0) is 32.2 Å². The van der Waals surface area contributed by atoms with Gasteiger partial charge >= 0.3 is 0 Å². The molecule has 0 aromatic carbocycles. The molecule has 3 rings (SSSR count). The average molecular weight is 248 g/mol. The molecule has 0 bridgehead atoms. The van der Waals surface area contributed by atoms with Gasteiger partial charge in [0.05, 0.1) is 17.9 Å². The molecule has 0 saturated carbocycles. The molecular formula is C14H20N2O2. The van der Waals surface area contributed by atoms with Gasteiger partial charge in [-0.15, -0.1) is 0 Å². The predicted octanol–water partition coefficient (Wildman–Crippen LogP) is 1.08. The van der Waals surface area contributed by atoms with Gasteiger partial charge in [0.2, 0.25) is 11.8 Å². The first-order valence-corrected chi connectivity index (χ1v) is 7.01. The van der Waals surface area contributed by atoms with Crippen LogP contribution in [-0.2, 0) is 9.59 Å². The zero-order chi connectivity index (χ0) is 12.5. The Morgan fingerprint density at radius 3 is 2.39 bits per heavy atom. The Balaban J connectivity index is 1.80. The van der Waals surface area contributed by atoms with Gasteiger partial charge in [-0.2, -0.15) is 0 Å². The Morgan fingerprint density at radius 2 is 1.72 bits per heavy atom. The van der Waals surface area contributed by atoms with Crippen molar-refractivity contribution >= 4 is 11.8 Å². The standard InChI is InChI=1S/C14H20N2O2/c17-13-11-6-1-2-7-12(11)14(18)16(13)10-5-3-4-8-15-9-10/h1-2,10-12,15H,3-9H2. The van der Waals surface area contributed by atoms with E-state index in [0.717, 1.165) is 45.2 Å². The number of nitrogens with one attached hydrogen (secondary N) is 1. The molecule has 4 heteroatoms. The van der Waals surface area contributed by atoms with Gasteiger partial charge in [0.25, 0.3) is 0 Å². The Morgan fingerprint density at radius 1 is 1.06 bits per heavy atom. The molecule has 2 fully saturated rings. The molecule has 3 atom stereocenters. The summed E-state index contributed by atoms with van der Waals surface area (Å²) in [6.07, 6.45) is 8.76. The Labute approximate surface area is 107 Å². The Bertz CT molecular complexity index is 357. The van der Waals surface area contributed by atoms with Crippen molar-refractivity contribution in [3.05, 3.63) is 12.2 Å². The molecule has 2 heterocycles. The number of rotatable bonds is 1. The second-order valence-electron chi connectivity index (χ2n) is 5.56. The summed E-state index contributed by atoms with van der Waals surface area (Å²) in [5, 5.41) is 3.33. The maximum atomic E-state index is 12.4. The summed E-state index contributed by atoms with van der Waals surface area (Å²) < 4.78 is 0. The van der Waals surface area contributed by atoms with E-state index in [-0.39, 0.29) is 29.7 Å². The lowest BCUT2D eigenvalue weighted by atomic mass is 9.85. The van der Waals surface area contributed by atoms with Crippen LogP contribution >= 0.6 is 0 Å². The van der Waals surface area contributed by atoms with Crippen molar-refractivity contribution < 1.29 is 9.59 Å². The van der Waals surface area contributed by atoms with E-state index in [4.69, 9.17) is 0 Å². The highest BCUT2D eigenvalue weighted by molar-refractivity contribution is 6.05. The number of hydrogen-bond acceptors (Lipinski definition) is 3. The molecule has 0 aromatic heterocycles. The molecule has 1 aliphatic carbocycles. The Kier molecular flexibility index (Phi) is 3.20. The maximum absolute atomic E-state index is 12.4. The molecule has 2 aliphatic heterocycles. The minimum Gasteiger partial charge on any atom is -0.315 e. The monoisotopic (exact) mass is 248 g/mol. The first kappa shape index (κ1) is 11.9.